The van der Waals surface area contributed by atoms with Crippen LogP contribution in [0.3, 0.4) is 0 Å². The highest BCUT2D eigenvalue weighted by atomic mass is 16.6. The van der Waals surface area contributed by atoms with E-state index in [1.807, 2.05) is 7.05 Å². The highest BCUT2D eigenvalue weighted by Gasteiger charge is 2.29. The van der Waals surface area contributed by atoms with Crippen LogP contribution in [-0.4, -0.2) is 25.3 Å². The maximum absolute atomic E-state index is 12.5. The van der Waals surface area contributed by atoms with Crippen molar-refractivity contribution >= 4 is 16.7 Å². The minimum absolute atomic E-state index is 0.0231. The van der Waals surface area contributed by atoms with Crippen LogP contribution in [-0.2, 0) is 9.53 Å². The molecule has 1 aliphatic carbocycles. The van der Waals surface area contributed by atoms with E-state index in [2.05, 4.69) is 54.7 Å². The van der Waals surface area contributed by atoms with Crippen LogP contribution in [0.25, 0.3) is 10.8 Å². The topological polar surface area (TPSA) is 47.6 Å². The normalized spacial score (nSPS) is 16.3. The van der Waals surface area contributed by atoms with Gasteiger partial charge in [-0.1, -0.05) is 101 Å². The zero-order valence-corrected chi connectivity index (χ0v) is 21.4. The van der Waals surface area contributed by atoms with Gasteiger partial charge < -0.3 is 9.47 Å². The summed E-state index contributed by atoms with van der Waals surface area (Å²) in [6, 6.07) is 14.6. The van der Waals surface area contributed by atoms with Gasteiger partial charge in [-0.05, 0) is 43.7 Å². The molecule has 2 aromatic rings. The number of benzene rings is 2. The fourth-order valence-electron chi connectivity index (χ4n) is 5.18. The Morgan fingerprint density at radius 3 is 2.41 bits per heavy atom. The van der Waals surface area contributed by atoms with Crippen molar-refractivity contribution in [3.63, 3.8) is 0 Å². The van der Waals surface area contributed by atoms with Crippen molar-refractivity contribution in [3.05, 3.63) is 42.5 Å². The van der Waals surface area contributed by atoms with Crippen LogP contribution in [0.2, 0.25) is 0 Å². The third kappa shape index (κ3) is 8.61. The lowest BCUT2D eigenvalue weighted by Gasteiger charge is -2.33. The molecule has 188 valence electrons. The summed E-state index contributed by atoms with van der Waals surface area (Å²) in [5, 5.41) is 5.56. The van der Waals surface area contributed by atoms with E-state index in [0.717, 1.165) is 24.0 Å². The Hall–Kier alpha value is -2.07. The number of hydrogen-bond donors (Lipinski definition) is 1. The Labute approximate surface area is 206 Å². The lowest BCUT2D eigenvalue weighted by Crippen LogP contribution is -2.39. The molecule has 3 rings (SSSR count). The summed E-state index contributed by atoms with van der Waals surface area (Å²) in [6.07, 6.45) is 15.5. The molecule has 0 radical (unpaired) electrons. The molecular weight excluding hydrogens is 422 g/mol. The number of rotatable bonds is 15. The molecule has 1 fully saturated rings. The second-order valence-corrected chi connectivity index (χ2v) is 9.91. The van der Waals surface area contributed by atoms with E-state index in [9.17, 15) is 4.79 Å². The minimum atomic E-state index is -0.320. The second-order valence-electron chi connectivity index (χ2n) is 9.91. The van der Waals surface area contributed by atoms with E-state index in [1.165, 1.54) is 69.6 Å². The van der Waals surface area contributed by atoms with Crippen molar-refractivity contribution in [2.75, 3.05) is 7.05 Å². The molecule has 0 aliphatic heterocycles. The van der Waals surface area contributed by atoms with Gasteiger partial charge >= 0.3 is 5.97 Å². The van der Waals surface area contributed by atoms with Crippen molar-refractivity contribution in [2.24, 2.45) is 5.92 Å². The van der Waals surface area contributed by atoms with Gasteiger partial charge in [0.15, 0.2) is 6.23 Å². The predicted molar refractivity (Wildman–Crippen MR) is 141 cm³/mol. The molecule has 1 N–H and O–H groups in total. The maximum atomic E-state index is 12.5. The highest BCUT2D eigenvalue weighted by Crippen LogP contribution is 2.34. The van der Waals surface area contributed by atoms with Crippen LogP contribution in [0.4, 0.5) is 0 Å². The number of carbonyl (C=O) groups is 1. The number of ether oxygens (including phenoxy) is 2. The summed E-state index contributed by atoms with van der Waals surface area (Å²) in [4.78, 5) is 12.5. The van der Waals surface area contributed by atoms with Gasteiger partial charge in [0.1, 0.15) is 11.9 Å². The Balaban J connectivity index is 1.57. The van der Waals surface area contributed by atoms with Gasteiger partial charge in [0, 0.05) is 18.2 Å². The largest absolute Gasteiger partial charge is 0.489 e. The molecule has 1 aliphatic rings. The molecule has 4 heteroatoms. The van der Waals surface area contributed by atoms with E-state index >= 15 is 0 Å². The molecule has 4 nitrogen and oxygen atoms in total. The quantitative estimate of drug-likeness (QED) is 0.165. The Morgan fingerprint density at radius 1 is 0.941 bits per heavy atom. The highest BCUT2D eigenvalue weighted by molar-refractivity contribution is 5.88. The van der Waals surface area contributed by atoms with Crippen molar-refractivity contribution in [2.45, 2.75) is 109 Å². The summed E-state index contributed by atoms with van der Waals surface area (Å²) in [5.74, 6) is 1.32. The first-order valence-electron chi connectivity index (χ1n) is 13.7. The molecule has 2 atom stereocenters. The third-order valence-corrected chi connectivity index (χ3v) is 7.23. The summed E-state index contributed by atoms with van der Waals surface area (Å²) < 4.78 is 12.6. The van der Waals surface area contributed by atoms with Crippen LogP contribution in [0.1, 0.15) is 96.8 Å². The van der Waals surface area contributed by atoms with Crippen LogP contribution < -0.4 is 10.1 Å². The van der Waals surface area contributed by atoms with E-state index in [-0.39, 0.29) is 18.3 Å². The van der Waals surface area contributed by atoms with Gasteiger partial charge in [0.2, 0.25) is 0 Å². The average molecular weight is 468 g/mol. The van der Waals surface area contributed by atoms with Crippen molar-refractivity contribution in [1.29, 1.82) is 0 Å². The first-order chi connectivity index (χ1) is 16.7. The van der Waals surface area contributed by atoms with Crippen LogP contribution in [0.15, 0.2) is 42.5 Å². The number of carbonyl (C=O) groups excluding carboxylic acids is 1. The van der Waals surface area contributed by atoms with Gasteiger partial charge in [-0.3, -0.25) is 10.1 Å². The standard InChI is InChI=1S/C30H45NO3/c1-3-4-5-6-7-8-12-22-30(32)34-29(31-2)23-28(25-17-10-9-11-18-25)33-27-21-15-19-24-16-13-14-20-26(24)27/h13-16,19-21,25,28-29,31H,3-12,17-18,22-23H2,1-2H3. The third-order valence-electron chi connectivity index (χ3n) is 7.23. The van der Waals surface area contributed by atoms with Gasteiger partial charge in [-0.25, -0.2) is 0 Å². The Bertz CT molecular complexity index is 841. The maximum Gasteiger partial charge on any atom is 0.307 e. The zero-order valence-electron chi connectivity index (χ0n) is 21.4. The van der Waals surface area contributed by atoms with Crippen LogP contribution in [0.5, 0.6) is 5.75 Å². The molecule has 0 spiro atoms. The fourth-order valence-corrected chi connectivity index (χ4v) is 5.18. The minimum Gasteiger partial charge on any atom is -0.489 e. The Kier molecular flexibility index (Phi) is 11.7. The predicted octanol–water partition coefficient (Wildman–Crippen LogP) is 7.79. The SMILES string of the molecule is CCCCCCCCCC(=O)OC(CC(Oc1cccc2ccccc12)C1CCCCC1)NC. The molecule has 0 saturated heterocycles. The molecule has 2 unspecified atom stereocenters. The number of unbranched alkanes of at least 4 members (excludes halogenated alkanes) is 6. The van der Waals surface area contributed by atoms with Gasteiger partial charge in [0.05, 0.1) is 0 Å². The van der Waals surface area contributed by atoms with Gasteiger partial charge in [0.25, 0.3) is 0 Å². The van der Waals surface area contributed by atoms with Crippen LogP contribution in [0, 0.1) is 5.92 Å². The summed E-state index contributed by atoms with van der Waals surface area (Å²) in [5.41, 5.74) is 0. The summed E-state index contributed by atoms with van der Waals surface area (Å²) >= 11 is 0. The number of esters is 1. The first kappa shape index (κ1) is 26.5. The molecule has 2 aromatic carbocycles. The fraction of sp³-hybridized carbons (Fsp3) is 0.633. The van der Waals surface area contributed by atoms with E-state index < -0.39 is 0 Å². The molecule has 1 saturated carbocycles. The molecule has 0 bridgehead atoms. The second kappa shape index (κ2) is 15.0. The number of fused-ring (bicyclic) bond motifs is 1. The van der Waals surface area contributed by atoms with Crippen molar-refractivity contribution < 1.29 is 14.3 Å². The van der Waals surface area contributed by atoms with Crippen molar-refractivity contribution in [1.82, 2.24) is 5.32 Å². The average Bonchev–Trinajstić information content (AvgIpc) is 2.88. The molecule has 0 heterocycles. The zero-order chi connectivity index (χ0) is 24.0. The summed E-state index contributed by atoms with van der Waals surface area (Å²) in [6.45, 7) is 2.24. The summed E-state index contributed by atoms with van der Waals surface area (Å²) in [7, 11) is 1.88. The molecular formula is C30H45NO3. The van der Waals surface area contributed by atoms with E-state index in [4.69, 9.17) is 9.47 Å². The van der Waals surface area contributed by atoms with Gasteiger partial charge in [-0.15, -0.1) is 0 Å². The lowest BCUT2D eigenvalue weighted by molar-refractivity contribution is -0.152. The lowest BCUT2D eigenvalue weighted by atomic mass is 9.83. The van der Waals surface area contributed by atoms with Crippen LogP contribution >= 0.6 is 0 Å². The Morgan fingerprint density at radius 2 is 1.65 bits per heavy atom. The number of hydrogen-bond acceptors (Lipinski definition) is 4. The monoisotopic (exact) mass is 467 g/mol. The van der Waals surface area contributed by atoms with Crippen molar-refractivity contribution in [3.8, 4) is 5.75 Å². The van der Waals surface area contributed by atoms with Gasteiger partial charge in [-0.2, -0.15) is 0 Å². The molecule has 0 aromatic heterocycles. The van der Waals surface area contributed by atoms with E-state index in [1.54, 1.807) is 0 Å². The molecule has 0 amide bonds. The smallest absolute Gasteiger partial charge is 0.307 e. The molecule has 34 heavy (non-hydrogen) atoms. The first-order valence-corrected chi connectivity index (χ1v) is 13.7. The number of nitrogens with one attached hydrogen (secondary N) is 1. The van der Waals surface area contributed by atoms with E-state index in [0.29, 0.717) is 18.8 Å².